The van der Waals surface area contributed by atoms with Crippen LogP contribution in [0, 0.1) is 6.92 Å². The number of hydrogen-bond acceptors (Lipinski definition) is 2. The molecule has 34 heavy (non-hydrogen) atoms. The van der Waals surface area contributed by atoms with Crippen LogP contribution in [0.25, 0.3) is 0 Å². The molecular weight excluding hydrogens is 481 g/mol. The van der Waals surface area contributed by atoms with E-state index >= 15 is 0 Å². The van der Waals surface area contributed by atoms with Gasteiger partial charge in [-0.25, -0.2) is 0 Å². The molecule has 176 valence electrons. The van der Waals surface area contributed by atoms with Gasteiger partial charge in [-0.2, -0.15) is 13.2 Å². The molecule has 1 N–H and O–H groups in total. The van der Waals surface area contributed by atoms with Crippen molar-refractivity contribution in [2.24, 2.45) is 0 Å². The van der Waals surface area contributed by atoms with Crippen LogP contribution >= 0.6 is 10.3 Å². The minimum atomic E-state index is -4.57. The Morgan fingerprint density at radius 1 is 0.618 bits per heavy atom. The van der Waals surface area contributed by atoms with Gasteiger partial charge in [0.1, 0.15) is 4.90 Å². The van der Waals surface area contributed by atoms with E-state index < -0.39 is 32.2 Å². The highest BCUT2D eigenvalue weighted by atomic mass is 32.3. The smallest absolute Gasteiger partial charge is 0.258 e. The number of aryl methyl sites for hydroxylation is 1. The summed E-state index contributed by atoms with van der Waals surface area (Å²) in [6.07, 6.45) is -4.57. The van der Waals surface area contributed by atoms with E-state index in [1.165, 1.54) is 0 Å². The zero-order valence-electron chi connectivity index (χ0n) is 18.1. The van der Waals surface area contributed by atoms with Crippen molar-refractivity contribution in [3.8, 4) is 0 Å². The van der Waals surface area contributed by atoms with Gasteiger partial charge in [0.25, 0.3) is 0 Å². The van der Waals surface area contributed by atoms with Crippen LogP contribution in [-0.4, -0.2) is 12.0 Å². The van der Waals surface area contributed by atoms with Crippen LogP contribution in [0.1, 0.15) is 11.1 Å². The van der Waals surface area contributed by atoms with Crippen LogP contribution in [-0.2, 0) is 16.3 Å². The Morgan fingerprint density at radius 3 is 1.56 bits per heavy atom. The maximum atomic E-state index is 13.6. The van der Waals surface area contributed by atoms with E-state index in [1.807, 2.05) is 91.9 Å². The number of benzene rings is 4. The average Bonchev–Trinajstić information content (AvgIpc) is 2.84. The van der Waals surface area contributed by atoms with Crippen LogP contribution in [0.4, 0.5) is 13.2 Å². The van der Waals surface area contributed by atoms with Gasteiger partial charge in [0.05, 0.1) is 30.6 Å². The van der Waals surface area contributed by atoms with E-state index in [4.69, 9.17) is 0 Å². The van der Waals surface area contributed by atoms with Gasteiger partial charge < -0.3 is 0 Å². The summed E-state index contributed by atoms with van der Waals surface area (Å²) in [5.74, 6) is 0. The molecule has 0 fully saturated rings. The number of hydrogen-bond donors (Lipinski definition) is 0. The summed E-state index contributed by atoms with van der Waals surface area (Å²) in [6, 6.07) is 29.2. The Hall–Kier alpha value is -3.07. The van der Waals surface area contributed by atoms with E-state index in [9.17, 15) is 21.6 Å². The molecule has 0 bridgehead atoms. The van der Waals surface area contributed by atoms with Crippen molar-refractivity contribution < 1.29 is 25.2 Å². The average molecular weight is 504 g/mol. The molecule has 0 amide bonds. The minimum Gasteiger partial charge on any atom is -0.258 e. The Labute approximate surface area is 198 Å². The standard InChI is InChI=1S/C26H21F3O3S2/c1-20-10-8-9-15-25(20)33(22-11-4-2-5-12-22,23-13-6-3-7-14-23)32-34(30,31)24-18-16-21(17-19-24)26(27,28)29/h2-19H,1H3/p+1. The first-order valence-corrected chi connectivity index (χ1v) is 13.3. The molecule has 8 heteroatoms. The molecule has 0 spiro atoms. The monoisotopic (exact) mass is 503 g/mol. The fourth-order valence-electron chi connectivity index (χ4n) is 3.65. The van der Waals surface area contributed by atoms with E-state index in [2.05, 4.69) is 3.63 Å². The summed E-state index contributed by atoms with van der Waals surface area (Å²) in [4.78, 5) is 1.85. The maximum absolute atomic E-state index is 13.6. The predicted octanol–water partition coefficient (Wildman–Crippen LogP) is 7.69. The molecule has 0 atom stereocenters. The molecule has 0 aliphatic carbocycles. The van der Waals surface area contributed by atoms with Crippen molar-refractivity contribution in [2.45, 2.75) is 32.7 Å². The van der Waals surface area contributed by atoms with Gasteiger partial charge in [-0.05, 0) is 67.1 Å². The van der Waals surface area contributed by atoms with Gasteiger partial charge in [-0.15, -0.1) is 8.42 Å². The van der Waals surface area contributed by atoms with Gasteiger partial charge >= 0.3 is 16.3 Å². The lowest BCUT2D eigenvalue weighted by molar-refractivity contribution is -0.137. The second kappa shape index (κ2) is 9.29. The van der Waals surface area contributed by atoms with Gasteiger partial charge in [-0.1, -0.05) is 54.6 Å². The largest absolute Gasteiger partial charge is 0.422 e. The quantitative estimate of drug-likeness (QED) is 0.200. The highest BCUT2D eigenvalue weighted by Crippen LogP contribution is 2.69. The molecule has 0 heterocycles. The Balaban J connectivity index is 1.96. The summed E-state index contributed by atoms with van der Waals surface area (Å²) in [5.41, 5.74) is -0.0633. The predicted molar refractivity (Wildman–Crippen MR) is 128 cm³/mol. The summed E-state index contributed by atoms with van der Waals surface area (Å²) in [6.45, 7) is 1.89. The Bertz CT molecular complexity index is 1330. The lowest BCUT2D eigenvalue weighted by atomic mass is 10.2. The molecule has 0 radical (unpaired) electrons. The molecule has 0 aliphatic rings. The van der Waals surface area contributed by atoms with Crippen LogP contribution in [0.2, 0.25) is 0 Å². The van der Waals surface area contributed by atoms with E-state index in [0.717, 1.165) is 34.7 Å². The van der Waals surface area contributed by atoms with E-state index in [-0.39, 0.29) is 4.90 Å². The molecule has 0 saturated carbocycles. The Kier molecular flexibility index (Phi) is 6.58. The second-order valence-corrected chi connectivity index (χ2v) is 12.1. The molecule has 4 aromatic carbocycles. The first-order valence-electron chi connectivity index (χ1n) is 10.3. The molecule has 0 saturated heterocycles. The van der Waals surface area contributed by atoms with Gasteiger partial charge in [-0.3, -0.25) is 3.63 Å². The third-order valence-corrected chi connectivity index (χ3v) is 10.8. The van der Waals surface area contributed by atoms with Crippen LogP contribution in [0.5, 0.6) is 0 Å². The van der Waals surface area contributed by atoms with E-state index in [0.29, 0.717) is 9.79 Å². The Morgan fingerprint density at radius 2 is 1.09 bits per heavy atom. The molecular formula is C26H22F3O3S2+. The highest BCUT2D eigenvalue weighted by Gasteiger charge is 2.44. The highest BCUT2D eigenvalue weighted by molar-refractivity contribution is 8.32. The van der Waals surface area contributed by atoms with Gasteiger partial charge in [0.15, 0.2) is 0 Å². The molecule has 0 aromatic heterocycles. The molecule has 0 unspecified atom stereocenters. The SMILES string of the molecule is Cc1ccccc1S([OH+]S(=O)(=O)c1ccc(C(F)(F)F)cc1)(c1ccccc1)c1ccccc1. The van der Waals surface area contributed by atoms with Gasteiger partial charge in [0.2, 0.25) is 0 Å². The first kappa shape index (κ1) is 24.1. The summed E-state index contributed by atoms with van der Waals surface area (Å²) in [7, 11) is -7.04. The third kappa shape index (κ3) is 4.61. The second-order valence-electron chi connectivity index (χ2n) is 7.54. The molecule has 0 aliphatic heterocycles. The zero-order valence-corrected chi connectivity index (χ0v) is 19.7. The fourth-order valence-corrected chi connectivity index (χ4v) is 9.35. The normalized spacial score (nSPS) is 12.9. The van der Waals surface area contributed by atoms with Crippen LogP contribution in [0.3, 0.4) is 0 Å². The van der Waals surface area contributed by atoms with Crippen molar-refractivity contribution in [3.05, 3.63) is 120 Å². The first-order chi connectivity index (χ1) is 16.1. The lowest BCUT2D eigenvalue weighted by Gasteiger charge is -2.35. The van der Waals surface area contributed by atoms with Crippen molar-refractivity contribution in [2.75, 3.05) is 0 Å². The fraction of sp³-hybridized carbons (Fsp3) is 0.0769. The summed E-state index contributed by atoms with van der Waals surface area (Å²) >= 11 is 0. The number of rotatable bonds is 6. The number of alkyl halides is 3. The van der Waals surface area contributed by atoms with E-state index in [1.54, 1.807) is 0 Å². The maximum Gasteiger partial charge on any atom is 0.422 e. The number of halogens is 3. The van der Waals surface area contributed by atoms with Crippen molar-refractivity contribution in [1.29, 1.82) is 0 Å². The summed E-state index contributed by atoms with van der Waals surface area (Å²) in [5, 5.41) is 0. The molecule has 4 rings (SSSR count). The van der Waals surface area contributed by atoms with Crippen LogP contribution < -0.4 is 0 Å². The summed E-state index contributed by atoms with van der Waals surface area (Å²) < 4.78 is 70.9. The van der Waals surface area contributed by atoms with Gasteiger partial charge in [0, 0.05) is 0 Å². The third-order valence-electron chi connectivity index (χ3n) is 5.27. The molecule has 4 aromatic rings. The topological polar surface area (TPSA) is 46.9 Å². The van der Waals surface area contributed by atoms with Crippen molar-refractivity contribution >= 4 is 20.4 Å². The van der Waals surface area contributed by atoms with Crippen molar-refractivity contribution in [1.82, 2.24) is 0 Å². The van der Waals surface area contributed by atoms with Crippen LogP contribution in [0.15, 0.2) is 129 Å². The van der Waals surface area contributed by atoms with Crippen molar-refractivity contribution in [3.63, 3.8) is 0 Å². The molecule has 3 nitrogen and oxygen atoms in total. The lowest BCUT2D eigenvalue weighted by Crippen LogP contribution is -2.19. The zero-order chi connectivity index (χ0) is 24.4. The minimum absolute atomic E-state index is 0.294.